The van der Waals surface area contributed by atoms with Gasteiger partial charge in [0.15, 0.2) is 0 Å². The molecule has 0 saturated heterocycles. The van der Waals surface area contributed by atoms with Crippen molar-refractivity contribution in [1.29, 1.82) is 0 Å². The zero-order chi connectivity index (χ0) is 13.5. The van der Waals surface area contributed by atoms with Crippen LogP contribution in [0.2, 0.25) is 5.02 Å². The smallest absolute Gasteiger partial charge is 0.0406 e. The van der Waals surface area contributed by atoms with Crippen LogP contribution in [0.25, 0.3) is 0 Å². The van der Waals surface area contributed by atoms with Crippen LogP contribution in [0.5, 0.6) is 0 Å². The summed E-state index contributed by atoms with van der Waals surface area (Å²) in [6.45, 7) is 3.14. The average Bonchev–Trinajstić information content (AvgIpc) is 2.46. The molecule has 0 radical (unpaired) electrons. The molecule has 0 aliphatic heterocycles. The molecule has 100 valence electrons. The third-order valence-electron chi connectivity index (χ3n) is 3.21. The van der Waals surface area contributed by atoms with E-state index < -0.39 is 0 Å². The molecule has 0 bridgehead atoms. The first kappa shape index (κ1) is 14.0. The van der Waals surface area contributed by atoms with Gasteiger partial charge in [0, 0.05) is 23.5 Å². The lowest BCUT2D eigenvalue weighted by atomic mass is 10.0. The molecule has 3 heteroatoms. The number of nitrogens with zero attached hydrogens (tertiary/aromatic N) is 1. The number of halogens is 1. The molecule has 2 rings (SSSR count). The van der Waals surface area contributed by atoms with Crippen molar-refractivity contribution in [2.45, 2.75) is 25.8 Å². The monoisotopic (exact) mass is 274 g/mol. The van der Waals surface area contributed by atoms with E-state index in [1.54, 1.807) is 6.20 Å². The Morgan fingerprint density at radius 1 is 1.21 bits per heavy atom. The van der Waals surface area contributed by atoms with Gasteiger partial charge < -0.3 is 5.32 Å². The van der Waals surface area contributed by atoms with Crippen LogP contribution in [0.4, 0.5) is 0 Å². The molecule has 1 N–H and O–H groups in total. The molecule has 0 fully saturated rings. The van der Waals surface area contributed by atoms with Gasteiger partial charge in [-0.15, -0.1) is 0 Å². The van der Waals surface area contributed by atoms with Crippen LogP contribution in [0.15, 0.2) is 48.8 Å². The zero-order valence-electron chi connectivity index (χ0n) is 11.1. The fourth-order valence-electron chi connectivity index (χ4n) is 2.13. The van der Waals surface area contributed by atoms with Crippen molar-refractivity contribution < 1.29 is 0 Å². The molecule has 0 saturated carbocycles. The third-order valence-corrected chi connectivity index (χ3v) is 3.46. The standard InChI is InChI=1S/C16H19ClN2/c1-2-16(14-5-7-15(17)8-6-14)19-11-9-13-4-3-10-18-12-13/h3-8,10,12,16,19H,2,9,11H2,1H3. The number of aromatic nitrogens is 1. The van der Waals surface area contributed by atoms with E-state index in [0.29, 0.717) is 6.04 Å². The van der Waals surface area contributed by atoms with Crippen molar-refractivity contribution in [3.8, 4) is 0 Å². The number of pyridine rings is 1. The van der Waals surface area contributed by atoms with E-state index in [1.165, 1.54) is 11.1 Å². The first-order chi connectivity index (χ1) is 9.29. The Morgan fingerprint density at radius 3 is 2.63 bits per heavy atom. The normalized spacial score (nSPS) is 12.3. The summed E-state index contributed by atoms with van der Waals surface area (Å²) in [7, 11) is 0. The number of hydrogen-bond acceptors (Lipinski definition) is 2. The van der Waals surface area contributed by atoms with Crippen molar-refractivity contribution in [2.24, 2.45) is 0 Å². The molecule has 0 aliphatic rings. The van der Waals surface area contributed by atoms with E-state index in [9.17, 15) is 0 Å². The summed E-state index contributed by atoms with van der Waals surface area (Å²) >= 11 is 5.92. The highest BCUT2D eigenvalue weighted by molar-refractivity contribution is 6.30. The second-order valence-corrected chi connectivity index (χ2v) is 5.01. The van der Waals surface area contributed by atoms with Crippen molar-refractivity contribution in [3.63, 3.8) is 0 Å². The quantitative estimate of drug-likeness (QED) is 0.861. The Balaban J connectivity index is 1.87. The van der Waals surface area contributed by atoms with Gasteiger partial charge in [-0.05, 0) is 48.7 Å². The molecule has 0 spiro atoms. The van der Waals surface area contributed by atoms with Crippen LogP contribution >= 0.6 is 11.6 Å². The van der Waals surface area contributed by atoms with Gasteiger partial charge in [0.25, 0.3) is 0 Å². The maximum atomic E-state index is 5.92. The molecule has 1 atom stereocenters. The van der Waals surface area contributed by atoms with Gasteiger partial charge in [0.05, 0.1) is 0 Å². The highest BCUT2D eigenvalue weighted by atomic mass is 35.5. The molecule has 2 aromatic rings. The van der Waals surface area contributed by atoms with E-state index >= 15 is 0 Å². The number of benzene rings is 1. The van der Waals surface area contributed by atoms with Gasteiger partial charge in [-0.1, -0.05) is 36.7 Å². The van der Waals surface area contributed by atoms with Crippen LogP contribution in [-0.2, 0) is 6.42 Å². The maximum absolute atomic E-state index is 5.92. The van der Waals surface area contributed by atoms with Gasteiger partial charge in [-0.3, -0.25) is 4.98 Å². The number of nitrogens with one attached hydrogen (secondary N) is 1. The van der Waals surface area contributed by atoms with Crippen molar-refractivity contribution in [3.05, 3.63) is 64.9 Å². The molecule has 19 heavy (non-hydrogen) atoms. The highest BCUT2D eigenvalue weighted by Crippen LogP contribution is 2.19. The largest absolute Gasteiger partial charge is 0.310 e. The Hall–Kier alpha value is -1.38. The first-order valence-electron chi connectivity index (χ1n) is 6.67. The third kappa shape index (κ3) is 4.34. The summed E-state index contributed by atoms with van der Waals surface area (Å²) in [4.78, 5) is 4.13. The van der Waals surface area contributed by atoms with Gasteiger partial charge in [-0.25, -0.2) is 0 Å². The molecule has 1 aromatic heterocycles. The Morgan fingerprint density at radius 2 is 2.00 bits per heavy atom. The predicted octanol–water partition coefficient (Wildman–Crippen LogP) is 4.02. The average molecular weight is 275 g/mol. The van der Waals surface area contributed by atoms with Gasteiger partial charge in [0.1, 0.15) is 0 Å². The molecule has 1 unspecified atom stereocenters. The van der Waals surface area contributed by atoms with Gasteiger partial charge >= 0.3 is 0 Å². The zero-order valence-corrected chi connectivity index (χ0v) is 11.9. The van der Waals surface area contributed by atoms with Crippen LogP contribution in [0.1, 0.15) is 30.5 Å². The van der Waals surface area contributed by atoms with E-state index in [-0.39, 0.29) is 0 Å². The van der Waals surface area contributed by atoms with Crippen LogP contribution in [-0.4, -0.2) is 11.5 Å². The molecule has 0 aliphatic carbocycles. The lowest BCUT2D eigenvalue weighted by Crippen LogP contribution is -2.23. The van der Waals surface area contributed by atoms with E-state index in [1.807, 2.05) is 24.4 Å². The molecule has 0 amide bonds. The van der Waals surface area contributed by atoms with Gasteiger partial charge in [0.2, 0.25) is 0 Å². The van der Waals surface area contributed by atoms with E-state index in [2.05, 4.69) is 35.4 Å². The fourth-order valence-corrected chi connectivity index (χ4v) is 2.26. The van der Waals surface area contributed by atoms with Crippen molar-refractivity contribution in [2.75, 3.05) is 6.54 Å². The summed E-state index contributed by atoms with van der Waals surface area (Å²) in [6, 6.07) is 12.5. The second kappa shape index (κ2) is 7.27. The van der Waals surface area contributed by atoms with Crippen LogP contribution < -0.4 is 5.32 Å². The van der Waals surface area contributed by atoms with Gasteiger partial charge in [-0.2, -0.15) is 0 Å². The minimum Gasteiger partial charge on any atom is -0.310 e. The predicted molar refractivity (Wildman–Crippen MR) is 80.4 cm³/mol. The van der Waals surface area contributed by atoms with E-state index in [0.717, 1.165) is 24.4 Å². The lowest BCUT2D eigenvalue weighted by molar-refractivity contribution is 0.522. The summed E-state index contributed by atoms with van der Waals surface area (Å²) in [5.41, 5.74) is 2.55. The van der Waals surface area contributed by atoms with Crippen molar-refractivity contribution >= 4 is 11.6 Å². The Kier molecular flexibility index (Phi) is 5.37. The van der Waals surface area contributed by atoms with Crippen molar-refractivity contribution in [1.82, 2.24) is 10.3 Å². The first-order valence-corrected chi connectivity index (χ1v) is 7.05. The lowest BCUT2D eigenvalue weighted by Gasteiger charge is -2.17. The van der Waals surface area contributed by atoms with E-state index in [4.69, 9.17) is 11.6 Å². The molecular formula is C16H19ClN2. The topological polar surface area (TPSA) is 24.9 Å². The molecule has 1 heterocycles. The minimum atomic E-state index is 0.383. The maximum Gasteiger partial charge on any atom is 0.0406 e. The summed E-state index contributed by atoms with van der Waals surface area (Å²) in [6.07, 6.45) is 5.79. The Bertz CT molecular complexity index is 482. The summed E-state index contributed by atoms with van der Waals surface area (Å²) in [5.74, 6) is 0. The van der Waals surface area contributed by atoms with Crippen LogP contribution in [0.3, 0.4) is 0 Å². The molecule has 1 aromatic carbocycles. The Labute approximate surface area is 119 Å². The summed E-state index contributed by atoms with van der Waals surface area (Å²) < 4.78 is 0. The number of hydrogen-bond donors (Lipinski definition) is 1. The summed E-state index contributed by atoms with van der Waals surface area (Å²) in [5, 5.41) is 4.37. The second-order valence-electron chi connectivity index (χ2n) is 4.58. The number of rotatable bonds is 6. The fraction of sp³-hybridized carbons (Fsp3) is 0.312. The molecule has 2 nitrogen and oxygen atoms in total. The minimum absolute atomic E-state index is 0.383. The van der Waals surface area contributed by atoms with Crippen LogP contribution in [0, 0.1) is 0 Å². The SMILES string of the molecule is CCC(NCCc1cccnc1)c1ccc(Cl)cc1. The molecular weight excluding hydrogens is 256 g/mol. The highest BCUT2D eigenvalue weighted by Gasteiger charge is 2.07.